The molecule has 0 aliphatic carbocycles. The predicted molar refractivity (Wildman–Crippen MR) is 84.5 cm³/mol. The lowest BCUT2D eigenvalue weighted by atomic mass is 9.78. The monoisotopic (exact) mass is 340 g/mol. The van der Waals surface area contributed by atoms with Crippen molar-refractivity contribution in [2.75, 3.05) is 25.9 Å². The molecular formula is C16H21FN2O3S. The van der Waals surface area contributed by atoms with E-state index in [0.717, 1.165) is 5.56 Å². The van der Waals surface area contributed by atoms with Crippen LogP contribution in [0, 0.1) is 11.2 Å². The number of rotatable bonds is 3. The molecule has 1 aromatic rings. The number of hydrogen-bond donors (Lipinski definition) is 0. The number of sulfonamides is 1. The highest BCUT2D eigenvalue weighted by molar-refractivity contribution is 7.88. The highest BCUT2D eigenvalue weighted by Crippen LogP contribution is 2.41. The van der Waals surface area contributed by atoms with Crippen molar-refractivity contribution in [3.8, 4) is 0 Å². The van der Waals surface area contributed by atoms with E-state index < -0.39 is 10.0 Å². The quantitative estimate of drug-likeness (QED) is 0.840. The number of carbonyl (C=O) groups is 1. The van der Waals surface area contributed by atoms with Crippen LogP contribution < -0.4 is 0 Å². The molecule has 0 saturated carbocycles. The van der Waals surface area contributed by atoms with Gasteiger partial charge in [0.2, 0.25) is 15.9 Å². The minimum atomic E-state index is -3.16. The summed E-state index contributed by atoms with van der Waals surface area (Å²) in [6.07, 6.45) is 3.08. The summed E-state index contributed by atoms with van der Waals surface area (Å²) in [6, 6.07) is 6.29. The van der Waals surface area contributed by atoms with Gasteiger partial charge in [0.05, 0.1) is 6.26 Å². The maximum Gasteiger partial charge on any atom is 0.223 e. The van der Waals surface area contributed by atoms with Gasteiger partial charge in [0.25, 0.3) is 0 Å². The minimum absolute atomic E-state index is 0.0714. The zero-order chi connectivity index (χ0) is 16.7. The Hall–Kier alpha value is -1.47. The number of amides is 1. The van der Waals surface area contributed by atoms with Gasteiger partial charge in [-0.05, 0) is 36.0 Å². The first-order valence-electron chi connectivity index (χ1n) is 7.75. The first-order chi connectivity index (χ1) is 10.8. The molecule has 1 aromatic carbocycles. The fourth-order valence-electron chi connectivity index (χ4n) is 3.61. The Labute approximate surface area is 136 Å². The smallest absolute Gasteiger partial charge is 0.223 e. The molecule has 2 heterocycles. The Morgan fingerprint density at radius 3 is 2.57 bits per heavy atom. The van der Waals surface area contributed by atoms with Crippen molar-refractivity contribution in [3.05, 3.63) is 35.6 Å². The largest absolute Gasteiger partial charge is 0.338 e. The summed E-state index contributed by atoms with van der Waals surface area (Å²) >= 11 is 0. The van der Waals surface area contributed by atoms with Crippen LogP contribution in [0.25, 0.3) is 0 Å². The predicted octanol–water partition coefficient (Wildman–Crippen LogP) is 1.60. The highest BCUT2D eigenvalue weighted by Gasteiger charge is 2.45. The van der Waals surface area contributed by atoms with Gasteiger partial charge in [0.15, 0.2) is 0 Å². The summed E-state index contributed by atoms with van der Waals surface area (Å²) in [7, 11) is -3.16. The van der Waals surface area contributed by atoms with Gasteiger partial charge in [-0.25, -0.2) is 17.1 Å². The average molecular weight is 340 g/mol. The third-order valence-corrected chi connectivity index (χ3v) is 6.22. The van der Waals surface area contributed by atoms with Crippen LogP contribution in [0.1, 0.15) is 24.8 Å². The summed E-state index contributed by atoms with van der Waals surface area (Å²) in [5.41, 5.74) is 0.648. The Bertz CT molecular complexity index is 712. The van der Waals surface area contributed by atoms with E-state index in [1.165, 1.54) is 22.7 Å². The molecule has 23 heavy (non-hydrogen) atoms. The van der Waals surface area contributed by atoms with Crippen molar-refractivity contribution in [2.45, 2.75) is 25.8 Å². The molecule has 0 N–H and O–H groups in total. The number of nitrogens with zero attached hydrogens (tertiary/aromatic N) is 2. The highest BCUT2D eigenvalue weighted by atomic mass is 32.2. The van der Waals surface area contributed by atoms with E-state index in [4.69, 9.17) is 0 Å². The molecule has 2 aliphatic heterocycles. The van der Waals surface area contributed by atoms with Gasteiger partial charge >= 0.3 is 0 Å². The molecule has 126 valence electrons. The second-order valence-electron chi connectivity index (χ2n) is 6.72. The van der Waals surface area contributed by atoms with E-state index in [1.807, 2.05) is 6.07 Å². The molecule has 0 atom stereocenters. The van der Waals surface area contributed by atoms with Gasteiger partial charge in [-0.2, -0.15) is 0 Å². The van der Waals surface area contributed by atoms with Crippen LogP contribution in [-0.4, -0.2) is 49.4 Å². The van der Waals surface area contributed by atoms with Gasteiger partial charge in [-0.15, -0.1) is 0 Å². The SMILES string of the molecule is CS(=O)(=O)N1CCC2(CC1)CC(=O)N(Cc1cccc(F)c1)C2. The summed E-state index contributed by atoms with van der Waals surface area (Å²) < 4.78 is 38.0. The molecule has 5 nitrogen and oxygen atoms in total. The minimum Gasteiger partial charge on any atom is -0.338 e. The second-order valence-corrected chi connectivity index (χ2v) is 8.70. The number of hydrogen-bond acceptors (Lipinski definition) is 3. The third-order valence-electron chi connectivity index (χ3n) is 4.92. The number of carbonyl (C=O) groups excluding carboxylic acids is 1. The summed E-state index contributed by atoms with van der Waals surface area (Å²) in [5, 5.41) is 0. The third kappa shape index (κ3) is 3.55. The number of piperidine rings is 1. The van der Waals surface area contributed by atoms with Crippen molar-refractivity contribution in [3.63, 3.8) is 0 Å². The van der Waals surface area contributed by atoms with Crippen molar-refractivity contribution >= 4 is 15.9 Å². The standard InChI is InChI=1S/C16H21FN2O3S/c1-23(21,22)19-7-5-16(6-8-19)10-15(20)18(12-16)11-13-3-2-4-14(17)9-13/h2-4,9H,5-8,10-12H2,1H3. The van der Waals surface area contributed by atoms with E-state index in [-0.39, 0.29) is 17.1 Å². The van der Waals surface area contributed by atoms with Crippen LogP contribution in [0.5, 0.6) is 0 Å². The number of halogens is 1. The number of benzene rings is 1. The zero-order valence-electron chi connectivity index (χ0n) is 13.2. The normalized spacial score (nSPS) is 22.0. The van der Waals surface area contributed by atoms with Crippen LogP contribution in [0.2, 0.25) is 0 Å². The van der Waals surface area contributed by atoms with Gasteiger partial charge in [-0.1, -0.05) is 12.1 Å². The fourth-order valence-corrected chi connectivity index (χ4v) is 4.45. The summed E-state index contributed by atoms with van der Waals surface area (Å²) in [4.78, 5) is 14.1. The Morgan fingerprint density at radius 1 is 1.26 bits per heavy atom. The molecule has 1 spiro atoms. The van der Waals surface area contributed by atoms with Crippen LogP contribution >= 0.6 is 0 Å². The zero-order valence-corrected chi connectivity index (χ0v) is 14.0. The van der Waals surface area contributed by atoms with Crippen molar-refractivity contribution in [1.29, 1.82) is 0 Å². The lowest BCUT2D eigenvalue weighted by molar-refractivity contribution is -0.128. The summed E-state index contributed by atoms with van der Waals surface area (Å²) in [6.45, 7) is 1.98. The number of likely N-dealkylation sites (tertiary alicyclic amines) is 1. The van der Waals surface area contributed by atoms with E-state index in [1.54, 1.807) is 11.0 Å². The van der Waals surface area contributed by atoms with Crippen molar-refractivity contribution in [2.24, 2.45) is 5.41 Å². The molecule has 3 rings (SSSR count). The molecule has 7 heteroatoms. The van der Waals surface area contributed by atoms with Gasteiger partial charge in [-0.3, -0.25) is 4.79 Å². The molecule has 0 aromatic heterocycles. The van der Waals surface area contributed by atoms with E-state index in [2.05, 4.69) is 0 Å². The van der Waals surface area contributed by atoms with Crippen molar-refractivity contribution < 1.29 is 17.6 Å². The van der Waals surface area contributed by atoms with Crippen LogP contribution in [-0.2, 0) is 21.4 Å². The fraction of sp³-hybridized carbons (Fsp3) is 0.562. The molecule has 1 amide bonds. The molecular weight excluding hydrogens is 319 g/mol. The molecule has 2 saturated heterocycles. The maximum atomic E-state index is 13.3. The first-order valence-corrected chi connectivity index (χ1v) is 9.60. The van der Waals surface area contributed by atoms with Gasteiger partial charge < -0.3 is 4.90 Å². The molecule has 0 unspecified atom stereocenters. The molecule has 0 bridgehead atoms. The first kappa shape index (κ1) is 16.4. The van der Waals surface area contributed by atoms with Crippen LogP contribution in [0.15, 0.2) is 24.3 Å². The van der Waals surface area contributed by atoms with Gasteiger partial charge in [0, 0.05) is 32.6 Å². The Balaban J connectivity index is 1.66. The molecule has 2 aliphatic rings. The lowest BCUT2D eigenvalue weighted by Crippen LogP contribution is -2.43. The Morgan fingerprint density at radius 2 is 1.96 bits per heavy atom. The summed E-state index contributed by atoms with van der Waals surface area (Å²) in [5.74, 6) is -0.229. The van der Waals surface area contributed by atoms with Crippen LogP contribution in [0.3, 0.4) is 0 Å². The van der Waals surface area contributed by atoms with E-state index in [9.17, 15) is 17.6 Å². The maximum absolute atomic E-state index is 13.3. The second kappa shape index (κ2) is 5.87. The Kier molecular flexibility index (Phi) is 4.18. The van der Waals surface area contributed by atoms with E-state index in [0.29, 0.717) is 45.4 Å². The molecule has 2 fully saturated rings. The molecule has 0 radical (unpaired) electrons. The average Bonchev–Trinajstić information content (AvgIpc) is 2.74. The van der Waals surface area contributed by atoms with Crippen molar-refractivity contribution in [1.82, 2.24) is 9.21 Å². The van der Waals surface area contributed by atoms with E-state index >= 15 is 0 Å². The lowest BCUT2D eigenvalue weighted by Gasteiger charge is -2.37. The topological polar surface area (TPSA) is 57.7 Å². The van der Waals surface area contributed by atoms with Gasteiger partial charge in [0.1, 0.15) is 5.82 Å². The van der Waals surface area contributed by atoms with Crippen LogP contribution in [0.4, 0.5) is 4.39 Å².